The van der Waals surface area contributed by atoms with Gasteiger partial charge in [-0.3, -0.25) is 4.79 Å². The van der Waals surface area contributed by atoms with Gasteiger partial charge in [0.1, 0.15) is 0 Å². The molecule has 0 aromatic heterocycles. The molecule has 0 saturated heterocycles. The Balaban J connectivity index is 2.04. The van der Waals surface area contributed by atoms with E-state index in [0.29, 0.717) is 13.1 Å². The van der Waals surface area contributed by atoms with Crippen molar-refractivity contribution in [1.82, 2.24) is 9.80 Å². The second kappa shape index (κ2) is 7.93. The van der Waals surface area contributed by atoms with Gasteiger partial charge in [0.25, 0.3) is 0 Å². The van der Waals surface area contributed by atoms with E-state index in [9.17, 15) is 9.90 Å². The quantitative estimate of drug-likeness (QED) is 0.840. The first-order chi connectivity index (χ1) is 10.9. The topological polar surface area (TPSA) is 43.8 Å². The first-order valence-electron chi connectivity index (χ1n) is 8.58. The molecule has 1 aliphatic rings. The first kappa shape index (κ1) is 18.0. The fraction of sp³-hybridized carbons (Fsp3) is 0.632. The SMILES string of the molecule is Cc1cccc(CN(CCN(C)C)C(=O)CC2(O)CCCC2)c1. The molecule has 4 heteroatoms. The Labute approximate surface area is 140 Å². The number of likely N-dealkylation sites (N-methyl/N-ethyl adjacent to an activating group) is 1. The number of nitrogens with zero attached hydrogens (tertiary/aromatic N) is 2. The Morgan fingerprint density at radius 2 is 1.91 bits per heavy atom. The van der Waals surface area contributed by atoms with E-state index in [-0.39, 0.29) is 12.3 Å². The van der Waals surface area contributed by atoms with Crippen LogP contribution in [0.1, 0.15) is 43.2 Å². The summed E-state index contributed by atoms with van der Waals surface area (Å²) in [7, 11) is 4.03. The lowest BCUT2D eigenvalue weighted by molar-refractivity contribution is -0.137. The summed E-state index contributed by atoms with van der Waals surface area (Å²) in [5.41, 5.74) is 1.58. The van der Waals surface area contributed by atoms with Gasteiger partial charge in [-0.1, -0.05) is 42.7 Å². The Kier molecular flexibility index (Phi) is 6.19. The minimum atomic E-state index is -0.778. The zero-order valence-electron chi connectivity index (χ0n) is 14.7. The molecular weight excluding hydrogens is 288 g/mol. The largest absolute Gasteiger partial charge is 0.389 e. The van der Waals surface area contributed by atoms with Crippen molar-refractivity contribution in [2.75, 3.05) is 27.2 Å². The molecule has 1 aromatic rings. The van der Waals surface area contributed by atoms with E-state index in [1.54, 1.807) is 0 Å². The van der Waals surface area contributed by atoms with Crippen LogP contribution in [-0.4, -0.2) is 53.6 Å². The number of aryl methyl sites for hydroxylation is 1. The molecule has 4 nitrogen and oxygen atoms in total. The molecule has 1 amide bonds. The number of carbonyl (C=O) groups is 1. The van der Waals surface area contributed by atoms with Gasteiger partial charge in [-0.2, -0.15) is 0 Å². The van der Waals surface area contributed by atoms with Crippen LogP contribution in [-0.2, 0) is 11.3 Å². The number of carbonyl (C=O) groups excluding carboxylic acids is 1. The third-order valence-corrected chi connectivity index (χ3v) is 4.64. The number of hydrogen-bond acceptors (Lipinski definition) is 3. The summed E-state index contributed by atoms with van der Waals surface area (Å²) in [4.78, 5) is 16.7. The second-order valence-corrected chi connectivity index (χ2v) is 7.22. The fourth-order valence-corrected chi connectivity index (χ4v) is 3.25. The van der Waals surface area contributed by atoms with Crippen LogP contribution in [0.2, 0.25) is 0 Å². The molecule has 1 aromatic carbocycles. The van der Waals surface area contributed by atoms with Crippen LogP contribution in [0.15, 0.2) is 24.3 Å². The number of benzene rings is 1. The third-order valence-electron chi connectivity index (χ3n) is 4.64. The lowest BCUT2D eigenvalue weighted by Crippen LogP contribution is -2.40. The molecule has 0 aliphatic heterocycles. The van der Waals surface area contributed by atoms with Crippen molar-refractivity contribution < 1.29 is 9.90 Å². The maximum absolute atomic E-state index is 12.8. The molecule has 128 valence electrons. The molecule has 23 heavy (non-hydrogen) atoms. The van der Waals surface area contributed by atoms with Crippen LogP contribution in [0, 0.1) is 6.92 Å². The zero-order valence-corrected chi connectivity index (χ0v) is 14.7. The van der Waals surface area contributed by atoms with Gasteiger partial charge in [-0.05, 0) is 39.4 Å². The summed E-state index contributed by atoms with van der Waals surface area (Å²) >= 11 is 0. The van der Waals surface area contributed by atoms with Gasteiger partial charge in [-0.25, -0.2) is 0 Å². The average Bonchev–Trinajstić information content (AvgIpc) is 2.89. The van der Waals surface area contributed by atoms with E-state index in [2.05, 4.69) is 30.0 Å². The lowest BCUT2D eigenvalue weighted by Gasteiger charge is -2.29. The van der Waals surface area contributed by atoms with Crippen molar-refractivity contribution in [3.05, 3.63) is 35.4 Å². The predicted octanol–water partition coefficient (Wildman–Crippen LogP) is 2.58. The van der Waals surface area contributed by atoms with Crippen LogP contribution in [0.3, 0.4) is 0 Å². The molecule has 0 unspecified atom stereocenters. The van der Waals surface area contributed by atoms with E-state index >= 15 is 0 Å². The van der Waals surface area contributed by atoms with Crippen molar-refractivity contribution in [2.24, 2.45) is 0 Å². The summed E-state index contributed by atoms with van der Waals surface area (Å²) in [5, 5.41) is 10.5. The average molecular weight is 318 g/mol. The van der Waals surface area contributed by atoms with Crippen molar-refractivity contribution in [1.29, 1.82) is 0 Å². The van der Waals surface area contributed by atoms with Crippen molar-refractivity contribution in [2.45, 2.75) is 51.2 Å². The molecule has 2 rings (SSSR count). The van der Waals surface area contributed by atoms with E-state index in [4.69, 9.17) is 0 Å². The minimum Gasteiger partial charge on any atom is -0.389 e. The Hall–Kier alpha value is -1.39. The maximum Gasteiger partial charge on any atom is 0.225 e. The Morgan fingerprint density at radius 3 is 2.52 bits per heavy atom. The monoisotopic (exact) mass is 318 g/mol. The third kappa shape index (κ3) is 5.63. The highest BCUT2D eigenvalue weighted by Crippen LogP contribution is 2.32. The van der Waals surface area contributed by atoms with Gasteiger partial charge in [0.2, 0.25) is 5.91 Å². The van der Waals surface area contributed by atoms with Crippen LogP contribution in [0.5, 0.6) is 0 Å². The van der Waals surface area contributed by atoms with Crippen molar-refractivity contribution in [3.8, 4) is 0 Å². The molecule has 0 spiro atoms. The summed E-state index contributed by atoms with van der Waals surface area (Å²) in [6.07, 6.45) is 3.82. The summed E-state index contributed by atoms with van der Waals surface area (Å²) in [6.45, 7) is 4.20. The second-order valence-electron chi connectivity index (χ2n) is 7.22. The number of amides is 1. The van der Waals surface area contributed by atoms with Gasteiger partial charge in [-0.15, -0.1) is 0 Å². The summed E-state index contributed by atoms with van der Waals surface area (Å²) in [6, 6.07) is 8.29. The standard InChI is InChI=1S/C19H30N2O2/c1-16-7-6-8-17(13-16)15-21(12-11-20(2)3)18(22)14-19(23)9-4-5-10-19/h6-8,13,23H,4-5,9-12,14-15H2,1-3H3. The molecule has 1 fully saturated rings. The molecule has 0 atom stereocenters. The zero-order chi connectivity index (χ0) is 16.9. The van der Waals surface area contributed by atoms with Crippen LogP contribution in [0.25, 0.3) is 0 Å². The van der Waals surface area contributed by atoms with Crippen molar-refractivity contribution in [3.63, 3.8) is 0 Å². The molecule has 0 radical (unpaired) electrons. The van der Waals surface area contributed by atoms with E-state index in [0.717, 1.165) is 37.8 Å². The minimum absolute atomic E-state index is 0.0674. The highest BCUT2D eigenvalue weighted by Gasteiger charge is 2.34. The maximum atomic E-state index is 12.8. The highest BCUT2D eigenvalue weighted by atomic mass is 16.3. The molecular formula is C19H30N2O2. The molecule has 0 bridgehead atoms. The number of rotatable bonds is 7. The number of aliphatic hydroxyl groups is 1. The first-order valence-corrected chi connectivity index (χ1v) is 8.58. The van der Waals surface area contributed by atoms with Crippen LogP contribution in [0.4, 0.5) is 0 Å². The van der Waals surface area contributed by atoms with Gasteiger partial charge < -0.3 is 14.9 Å². The smallest absolute Gasteiger partial charge is 0.225 e. The van der Waals surface area contributed by atoms with Gasteiger partial charge >= 0.3 is 0 Å². The summed E-state index contributed by atoms with van der Waals surface area (Å²) < 4.78 is 0. The molecule has 1 N–H and O–H groups in total. The molecule has 1 saturated carbocycles. The van der Waals surface area contributed by atoms with E-state index < -0.39 is 5.60 Å². The normalized spacial score (nSPS) is 16.7. The molecule has 1 aliphatic carbocycles. The van der Waals surface area contributed by atoms with Crippen LogP contribution < -0.4 is 0 Å². The highest BCUT2D eigenvalue weighted by molar-refractivity contribution is 5.77. The Morgan fingerprint density at radius 1 is 1.22 bits per heavy atom. The van der Waals surface area contributed by atoms with E-state index in [1.807, 2.05) is 25.1 Å². The predicted molar refractivity (Wildman–Crippen MR) is 93.2 cm³/mol. The fourth-order valence-electron chi connectivity index (χ4n) is 3.25. The lowest BCUT2D eigenvalue weighted by atomic mass is 9.97. The van der Waals surface area contributed by atoms with Gasteiger partial charge in [0.05, 0.1) is 12.0 Å². The number of hydrogen-bond donors (Lipinski definition) is 1. The van der Waals surface area contributed by atoms with Crippen molar-refractivity contribution >= 4 is 5.91 Å². The Bertz CT molecular complexity index is 522. The van der Waals surface area contributed by atoms with E-state index in [1.165, 1.54) is 5.56 Å². The summed E-state index contributed by atoms with van der Waals surface area (Å²) in [5.74, 6) is 0.0674. The van der Waals surface area contributed by atoms with Gasteiger partial charge in [0.15, 0.2) is 0 Å². The van der Waals surface area contributed by atoms with Crippen LogP contribution >= 0.6 is 0 Å². The molecule has 0 heterocycles. The van der Waals surface area contributed by atoms with Gasteiger partial charge in [0, 0.05) is 19.6 Å².